The lowest BCUT2D eigenvalue weighted by atomic mass is 10.3. The van der Waals surface area contributed by atoms with Crippen LogP contribution in [0.2, 0.25) is 50.9 Å². The molecule has 8 heteroatoms. The summed E-state index contributed by atoms with van der Waals surface area (Å²) in [5.41, 5.74) is 0.564. The largest absolute Gasteiger partial charge is 0.456 e. The molecule has 4 nitrogen and oxygen atoms in total. The molecule has 0 spiro atoms. The molecule has 126 valence electrons. The van der Waals surface area contributed by atoms with Crippen molar-refractivity contribution >= 4 is 42.1 Å². The van der Waals surface area contributed by atoms with Crippen molar-refractivity contribution in [2.75, 3.05) is 6.54 Å². The number of amides is 1. The summed E-state index contributed by atoms with van der Waals surface area (Å²) in [6.45, 7) is 17.3. The van der Waals surface area contributed by atoms with Crippen LogP contribution in [-0.2, 0) is 13.0 Å². The molecule has 1 amide bonds. The Bertz CT molecular complexity index is 356. The smallest absolute Gasteiger partial charge is 0.246 e. The van der Waals surface area contributed by atoms with Crippen LogP contribution in [0.5, 0.6) is 0 Å². The van der Waals surface area contributed by atoms with Crippen LogP contribution in [0, 0.1) is 0 Å². The van der Waals surface area contributed by atoms with Crippen LogP contribution < -0.4 is 5.32 Å². The van der Waals surface area contributed by atoms with Gasteiger partial charge in [-0.2, -0.15) is 0 Å². The molecule has 0 atom stereocenters. The molecule has 0 aliphatic heterocycles. The summed E-state index contributed by atoms with van der Waals surface area (Å²) in [6.07, 6.45) is 0.961. The van der Waals surface area contributed by atoms with E-state index in [-0.39, 0.29) is 5.91 Å². The number of carbonyl (C=O) groups excluding carboxylic acids is 1. The Morgan fingerprint density at radius 3 is 2.23 bits per heavy atom. The Labute approximate surface area is 143 Å². The molecule has 0 unspecified atom stereocenters. The minimum absolute atomic E-state index is 0.0534. The van der Waals surface area contributed by atoms with Gasteiger partial charge in [0.25, 0.3) is 0 Å². The van der Waals surface area contributed by atoms with E-state index in [9.17, 15) is 4.79 Å². The predicted octanol–water partition coefficient (Wildman–Crippen LogP) is 3.22. The van der Waals surface area contributed by atoms with Crippen LogP contribution in [0.25, 0.3) is 0 Å². The van der Waals surface area contributed by atoms with Crippen LogP contribution in [0.15, 0.2) is 12.2 Å². The van der Waals surface area contributed by atoms with Crippen molar-refractivity contribution in [2.45, 2.75) is 64.2 Å². The second kappa shape index (κ2) is 10.7. The van der Waals surface area contributed by atoms with Gasteiger partial charge in [0.15, 0.2) is 16.6 Å². The molecule has 0 saturated carbocycles. The van der Waals surface area contributed by atoms with Crippen LogP contribution in [-0.4, -0.2) is 48.6 Å². The summed E-state index contributed by atoms with van der Waals surface area (Å²) in [4.78, 5) is 11.3. The summed E-state index contributed by atoms with van der Waals surface area (Å²) in [5, 5.41) is 2.85. The average Bonchev–Trinajstić information content (AvgIpc) is 2.37. The van der Waals surface area contributed by atoms with Crippen molar-refractivity contribution in [3.8, 4) is 0 Å². The van der Waals surface area contributed by atoms with Crippen molar-refractivity contribution in [1.29, 1.82) is 0 Å². The topological polar surface area (TPSA) is 47.6 Å². The highest BCUT2D eigenvalue weighted by Gasteiger charge is 2.22. The number of rotatable bonds is 12. The molecule has 0 aliphatic rings. The molecule has 22 heavy (non-hydrogen) atoms. The van der Waals surface area contributed by atoms with E-state index in [1.54, 1.807) is 6.92 Å². The molecule has 0 fully saturated rings. The van der Waals surface area contributed by atoms with E-state index in [0.717, 1.165) is 24.6 Å². The van der Waals surface area contributed by atoms with Gasteiger partial charge in [0.05, 0.1) is 0 Å². The predicted molar refractivity (Wildman–Crippen MR) is 101 cm³/mol. The first-order valence-electron chi connectivity index (χ1n) is 7.79. The fourth-order valence-electron chi connectivity index (χ4n) is 1.43. The van der Waals surface area contributed by atoms with Crippen molar-refractivity contribution in [2.24, 2.45) is 0 Å². The van der Waals surface area contributed by atoms with Crippen molar-refractivity contribution in [3.63, 3.8) is 0 Å². The van der Waals surface area contributed by atoms with Crippen LogP contribution >= 0.6 is 0 Å². The van der Waals surface area contributed by atoms with Gasteiger partial charge in [0.1, 0.15) is 0 Å². The SMILES string of the molecule is C=C(C)C(=O)NCCC[Si]O[Si](C)(C)CC[Si]O[Si](C)(C)C. The summed E-state index contributed by atoms with van der Waals surface area (Å²) >= 11 is 0. The van der Waals surface area contributed by atoms with Gasteiger partial charge >= 0.3 is 0 Å². The fraction of sp³-hybridized carbons (Fsp3) is 0.786. The Hall–Kier alpha value is -0.00247. The van der Waals surface area contributed by atoms with E-state index in [1.807, 2.05) is 0 Å². The normalized spacial score (nSPS) is 12.3. The van der Waals surface area contributed by atoms with Crippen molar-refractivity contribution in [1.82, 2.24) is 5.32 Å². The summed E-state index contributed by atoms with van der Waals surface area (Å²) in [7, 11) is -1.75. The molecule has 0 aromatic carbocycles. The van der Waals surface area contributed by atoms with E-state index in [0.29, 0.717) is 31.6 Å². The van der Waals surface area contributed by atoms with Gasteiger partial charge in [0, 0.05) is 12.1 Å². The number of hydrogen-bond acceptors (Lipinski definition) is 3. The monoisotopic (exact) mass is 373 g/mol. The van der Waals surface area contributed by atoms with Gasteiger partial charge in [-0.3, -0.25) is 4.79 Å². The highest BCUT2D eigenvalue weighted by Crippen LogP contribution is 2.15. The van der Waals surface area contributed by atoms with Crippen LogP contribution in [0.3, 0.4) is 0 Å². The lowest BCUT2D eigenvalue weighted by Gasteiger charge is -2.23. The molecule has 0 aromatic heterocycles. The first-order chi connectivity index (χ1) is 10.0. The quantitative estimate of drug-likeness (QED) is 0.324. The number of nitrogens with one attached hydrogen (secondary N) is 1. The van der Waals surface area contributed by atoms with Crippen LogP contribution in [0.1, 0.15) is 13.3 Å². The van der Waals surface area contributed by atoms with E-state index in [1.165, 1.54) is 0 Å². The first-order valence-corrected chi connectivity index (χ1v) is 16.5. The fourth-order valence-corrected chi connectivity index (χ4v) is 9.09. The zero-order valence-corrected chi connectivity index (χ0v) is 19.0. The maximum atomic E-state index is 11.3. The van der Waals surface area contributed by atoms with Gasteiger partial charge < -0.3 is 13.5 Å². The zero-order valence-electron chi connectivity index (χ0n) is 15.0. The molecule has 0 heterocycles. The third-order valence-corrected chi connectivity index (χ3v) is 11.5. The van der Waals surface area contributed by atoms with Gasteiger partial charge in [-0.1, -0.05) is 6.58 Å². The average molecular weight is 374 g/mol. The second-order valence-corrected chi connectivity index (χ2v) is 18.5. The van der Waals surface area contributed by atoms with E-state index in [2.05, 4.69) is 44.6 Å². The molecule has 4 radical (unpaired) electrons. The molecule has 0 rings (SSSR count). The molecular weight excluding hydrogens is 343 g/mol. The van der Waals surface area contributed by atoms with E-state index in [4.69, 9.17) is 8.23 Å². The Kier molecular flexibility index (Phi) is 10.7. The Morgan fingerprint density at radius 1 is 1.09 bits per heavy atom. The van der Waals surface area contributed by atoms with E-state index >= 15 is 0 Å². The van der Waals surface area contributed by atoms with Gasteiger partial charge in [-0.25, -0.2) is 0 Å². The highest BCUT2D eigenvalue weighted by atomic mass is 28.4. The molecule has 0 aliphatic carbocycles. The minimum atomic E-state index is -1.55. The summed E-state index contributed by atoms with van der Waals surface area (Å²) in [5.74, 6) is -0.0534. The maximum Gasteiger partial charge on any atom is 0.246 e. The molecule has 0 aromatic rings. The lowest BCUT2D eigenvalue weighted by molar-refractivity contribution is -0.117. The first kappa shape index (κ1) is 22.0. The standard InChI is InChI=1S/C14H31NO3Si4/c1-13(2)14(16)15-9-8-10-19-18-22(6,7)12-11-20-17-21(3,4)5/h1,8-12H2,2-7H3,(H,15,16). The zero-order chi connectivity index (χ0) is 17.2. The highest BCUT2D eigenvalue weighted by molar-refractivity contribution is 6.76. The second-order valence-electron chi connectivity index (χ2n) is 7.00. The lowest BCUT2D eigenvalue weighted by Crippen LogP contribution is -2.34. The van der Waals surface area contributed by atoms with Crippen molar-refractivity contribution in [3.05, 3.63) is 12.2 Å². The van der Waals surface area contributed by atoms with Crippen molar-refractivity contribution < 1.29 is 13.0 Å². The van der Waals surface area contributed by atoms with Gasteiger partial charge in [-0.15, -0.1) is 0 Å². The summed E-state index contributed by atoms with van der Waals surface area (Å²) < 4.78 is 12.0. The van der Waals surface area contributed by atoms with E-state index < -0.39 is 16.6 Å². The Balaban J connectivity index is 3.63. The third-order valence-electron chi connectivity index (χ3n) is 2.68. The molecular formula is C14H31NO3Si4. The maximum absolute atomic E-state index is 11.3. The summed E-state index contributed by atoms with van der Waals surface area (Å²) in [6, 6.07) is 3.30. The molecule has 0 bridgehead atoms. The van der Waals surface area contributed by atoms with Crippen LogP contribution in [0.4, 0.5) is 0 Å². The minimum Gasteiger partial charge on any atom is -0.456 e. The van der Waals surface area contributed by atoms with Gasteiger partial charge in [-0.05, 0) is 64.2 Å². The Morgan fingerprint density at radius 2 is 1.68 bits per heavy atom. The third kappa shape index (κ3) is 13.6. The molecule has 1 N–H and O–H groups in total. The number of hydrogen-bond donors (Lipinski definition) is 1. The molecule has 0 saturated heterocycles. The van der Waals surface area contributed by atoms with Gasteiger partial charge in [0.2, 0.25) is 25.4 Å². The number of carbonyl (C=O) groups is 1.